The zero-order valence-electron chi connectivity index (χ0n) is 15.9. The van der Waals surface area contributed by atoms with Gasteiger partial charge >= 0.3 is 0 Å². The molecule has 0 atom stereocenters. The number of ketones is 1. The Hall–Kier alpha value is -3.52. The fraction of sp³-hybridized carbons (Fsp3) is 0.182. The number of carbonyl (C=O) groups excluding carboxylic acids is 4. The van der Waals surface area contributed by atoms with Crippen molar-refractivity contribution in [3.05, 3.63) is 81.4 Å². The number of imide groups is 1. The van der Waals surface area contributed by atoms with E-state index < -0.39 is 0 Å². The lowest BCUT2D eigenvalue weighted by Crippen LogP contribution is -2.31. The standard InChI is InChI=1S/C22H18N2O5S/c25-19(8-3-11-24-21(27)15-5-1-2-6-16(15)22(24)28)23-13-14-9-10-18(30-14)20(26)17-7-4-12-29-17/h1-2,4-7,9-10,12H,3,8,11,13H2,(H,23,25). The molecule has 3 amide bonds. The molecule has 1 aromatic carbocycles. The first-order chi connectivity index (χ1) is 14.5. The number of amides is 3. The van der Waals surface area contributed by atoms with Crippen molar-refractivity contribution < 1.29 is 23.6 Å². The molecule has 0 bridgehead atoms. The number of carbonyl (C=O) groups is 4. The minimum absolute atomic E-state index is 0.182. The minimum atomic E-state index is -0.316. The Balaban J connectivity index is 1.23. The Labute approximate surface area is 176 Å². The van der Waals surface area contributed by atoms with Gasteiger partial charge in [0.1, 0.15) is 0 Å². The average Bonchev–Trinajstić information content (AvgIpc) is 3.50. The van der Waals surface area contributed by atoms with Crippen LogP contribution in [0.15, 0.2) is 59.2 Å². The summed E-state index contributed by atoms with van der Waals surface area (Å²) in [5.41, 5.74) is 0.814. The molecule has 3 heterocycles. The molecule has 0 saturated heterocycles. The van der Waals surface area contributed by atoms with Crippen molar-refractivity contribution in [1.82, 2.24) is 10.2 Å². The van der Waals surface area contributed by atoms with Crippen molar-refractivity contribution in [2.24, 2.45) is 0 Å². The van der Waals surface area contributed by atoms with Crippen LogP contribution in [0.25, 0.3) is 0 Å². The number of rotatable bonds is 8. The quantitative estimate of drug-likeness (QED) is 0.444. The molecule has 7 nitrogen and oxygen atoms in total. The average molecular weight is 422 g/mol. The number of fused-ring (bicyclic) bond motifs is 1. The van der Waals surface area contributed by atoms with E-state index in [1.54, 1.807) is 48.5 Å². The van der Waals surface area contributed by atoms with Gasteiger partial charge in [-0.3, -0.25) is 24.1 Å². The van der Waals surface area contributed by atoms with E-state index >= 15 is 0 Å². The summed E-state index contributed by atoms with van der Waals surface area (Å²) in [7, 11) is 0. The van der Waals surface area contributed by atoms with Crippen LogP contribution < -0.4 is 5.32 Å². The molecular formula is C22H18N2O5S. The lowest BCUT2D eigenvalue weighted by Gasteiger charge is -2.13. The summed E-state index contributed by atoms with van der Waals surface area (Å²) in [5.74, 6) is -0.727. The van der Waals surface area contributed by atoms with Crippen molar-refractivity contribution in [3.63, 3.8) is 0 Å². The Morgan fingerprint density at radius 3 is 2.37 bits per heavy atom. The van der Waals surface area contributed by atoms with E-state index in [9.17, 15) is 19.2 Å². The van der Waals surface area contributed by atoms with Crippen LogP contribution in [-0.2, 0) is 11.3 Å². The van der Waals surface area contributed by atoms with Gasteiger partial charge in [-0.1, -0.05) is 12.1 Å². The van der Waals surface area contributed by atoms with Gasteiger partial charge in [-0.15, -0.1) is 11.3 Å². The predicted molar refractivity (Wildman–Crippen MR) is 109 cm³/mol. The molecule has 3 aromatic rings. The molecule has 8 heteroatoms. The zero-order valence-corrected chi connectivity index (χ0v) is 16.7. The van der Waals surface area contributed by atoms with Crippen molar-refractivity contribution in [2.75, 3.05) is 6.54 Å². The summed E-state index contributed by atoms with van der Waals surface area (Å²) in [4.78, 5) is 51.5. The highest BCUT2D eigenvalue weighted by Crippen LogP contribution is 2.23. The van der Waals surface area contributed by atoms with Crippen LogP contribution in [0.3, 0.4) is 0 Å². The highest BCUT2D eigenvalue weighted by atomic mass is 32.1. The summed E-state index contributed by atoms with van der Waals surface area (Å²) >= 11 is 1.30. The fourth-order valence-electron chi connectivity index (χ4n) is 3.24. The van der Waals surface area contributed by atoms with Crippen molar-refractivity contribution in [1.29, 1.82) is 0 Å². The maximum absolute atomic E-state index is 12.3. The largest absolute Gasteiger partial charge is 0.461 e. The van der Waals surface area contributed by atoms with Crippen LogP contribution >= 0.6 is 11.3 Å². The third kappa shape index (κ3) is 3.95. The zero-order chi connectivity index (χ0) is 21.1. The van der Waals surface area contributed by atoms with Gasteiger partial charge in [0.15, 0.2) is 5.76 Å². The van der Waals surface area contributed by atoms with Crippen molar-refractivity contribution >= 4 is 34.8 Å². The molecule has 1 N–H and O–H groups in total. The summed E-state index contributed by atoms with van der Waals surface area (Å²) in [5, 5.41) is 2.80. The molecule has 0 saturated carbocycles. The molecule has 152 valence electrons. The van der Waals surface area contributed by atoms with Gasteiger partial charge in [-0.05, 0) is 42.8 Å². The number of furan rings is 1. The van der Waals surface area contributed by atoms with Gasteiger partial charge in [0.05, 0.1) is 28.8 Å². The summed E-state index contributed by atoms with van der Waals surface area (Å²) < 4.78 is 5.11. The molecule has 0 aliphatic carbocycles. The van der Waals surface area contributed by atoms with Gasteiger partial charge < -0.3 is 9.73 Å². The number of nitrogens with one attached hydrogen (secondary N) is 1. The SMILES string of the molecule is O=C(CCCN1C(=O)c2ccccc2C1=O)NCc1ccc(C(=O)c2ccco2)s1. The Morgan fingerprint density at radius 1 is 0.967 bits per heavy atom. The van der Waals surface area contributed by atoms with E-state index in [2.05, 4.69) is 5.32 Å². The van der Waals surface area contributed by atoms with Crippen LogP contribution in [0.2, 0.25) is 0 Å². The first-order valence-corrected chi connectivity index (χ1v) is 10.2. The highest BCUT2D eigenvalue weighted by molar-refractivity contribution is 7.14. The lowest BCUT2D eigenvalue weighted by molar-refractivity contribution is -0.121. The molecule has 0 unspecified atom stereocenters. The second kappa shape index (κ2) is 8.46. The topological polar surface area (TPSA) is 96.7 Å². The molecule has 1 aliphatic heterocycles. The number of benzene rings is 1. The van der Waals surface area contributed by atoms with E-state index in [-0.39, 0.29) is 42.2 Å². The first-order valence-electron chi connectivity index (χ1n) is 9.43. The normalized spacial score (nSPS) is 12.9. The second-order valence-electron chi connectivity index (χ2n) is 6.76. The molecule has 30 heavy (non-hydrogen) atoms. The number of nitrogens with zero attached hydrogens (tertiary/aromatic N) is 1. The van der Waals surface area contributed by atoms with Crippen LogP contribution in [-0.4, -0.2) is 34.9 Å². The van der Waals surface area contributed by atoms with Crippen LogP contribution in [0.1, 0.15) is 53.9 Å². The summed E-state index contributed by atoms with van der Waals surface area (Å²) in [6, 6.07) is 13.5. The molecule has 0 radical (unpaired) electrons. The molecule has 0 spiro atoms. The highest BCUT2D eigenvalue weighted by Gasteiger charge is 2.34. The van der Waals surface area contributed by atoms with Crippen molar-refractivity contribution in [2.45, 2.75) is 19.4 Å². The molecule has 4 rings (SSSR count). The van der Waals surface area contributed by atoms with Crippen LogP contribution in [0, 0.1) is 0 Å². The maximum atomic E-state index is 12.3. The van der Waals surface area contributed by atoms with E-state index in [0.29, 0.717) is 29.0 Å². The van der Waals surface area contributed by atoms with Gasteiger partial charge in [0.2, 0.25) is 11.7 Å². The van der Waals surface area contributed by atoms with Crippen LogP contribution in [0.4, 0.5) is 0 Å². The smallest absolute Gasteiger partial charge is 0.261 e. The van der Waals surface area contributed by atoms with Gasteiger partial charge in [0.25, 0.3) is 11.8 Å². The monoisotopic (exact) mass is 422 g/mol. The second-order valence-corrected chi connectivity index (χ2v) is 7.93. The number of hydrogen-bond acceptors (Lipinski definition) is 6. The Morgan fingerprint density at radius 2 is 1.70 bits per heavy atom. The van der Waals surface area contributed by atoms with Gasteiger partial charge in [0, 0.05) is 17.8 Å². The minimum Gasteiger partial charge on any atom is -0.461 e. The van der Waals surface area contributed by atoms with Gasteiger partial charge in [-0.2, -0.15) is 0 Å². The molecule has 1 aliphatic rings. The summed E-state index contributed by atoms with van der Waals surface area (Å²) in [6.07, 6.45) is 2.02. The van der Waals surface area contributed by atoms with Crippen molar-refractivity contribution in [3.8, 4) is 0 Å². The molecular weight excluding hydrogens is 404 g/mol. The maximum Gasteiger partial charge on any atom is 0.261 e. The van der Waals surface area contributed by atoms with E-state index in [0.717, 1.165) is 4.88 Å². The Kier molecular flexibility index (Phi) is 5.58. The lowest BCUT2D eigenvalue weighted by atomic mass is 10.1. The Bertz CT molecular complexity index is 1080. The predicted octanol–water partition coefficient (Wildman–Crippen LogP) is 3.26. The first kappa shape index (κ1) is 19.8. The number of hydrogen-bond donors (Lipinski definition) is 1. The summed E-state index contributed by atoms with van der Waals surface area (Å²) in [6.45, 7) is 0.502. The fourth-order valence-corrected chi connectivity index (χ4v) is 4.13. The third-order valence-electron chi connectivity index (χ3n) is 4.75. The van der Waals surface area contributed by atoms with E-state index in [4.69, 9.17) is 4.42 Å². The molecule has 0 fully saturated rings. The number of thiophene rings is 1. The van der Waals surface area contributed by atoms with E-state index in [1.807, 2.05) is 0 Å². The van der Waals surface area contributed by atoms with Gasteiger partial charge in [-0.25, -0.2) is 0 Å². The van der Waals surface area contributed by atoms with E-state index in [1.165, 1.54) is 22.5 Å². The third-order valence-corrected chi connectivity index (χ3v) is 5.84. The van der Waals surface area contributed by atoms with Crippen LogP contribution in [0.5, 0.6) is 0 Å². The molecule has 2 aromatic heterocycles.